The van der Waals surface area contributed by atoms with Gasteiger partial charge in [0.15, 0.2) is 0 Å². The number of urea groups is 1. The molecule has 0 atom stereocenters. The molecule has 0 bridgehead atoms. The van der Waals surface area contributed by atoms with Crippen LogP contribution in [0.25, 0.3) is 0 Å². The molecule has 1 aliphatic rings. The van der Waals surface area contributed by atoms with Gasteiger partial charge >= 0.3 is 12.0 Å². The van der Waals surface area contributed by atoms with Gasteiger partial charge in [0, 0.05) is 23.6 Å². The first-order chi connectivity index (χ1) is 9.56. The highest BCUT2D eigenvalue weighted by Gasteiger charge is 2.32. The number of halogens is 1. The van der Waals surface area contributed by atoms with Gasteiger partial charge in [-0.05, 0) is 30.5 Å². The van der Waals surface area contributed by atoms with E-state index in [0.29, 0.717) is 6.54 Å². The Morgan fingerprint density at radius 2 is 1.95 bits per heavy atom. The maximum absolute atomic E-state index is 12.1. The van der Waals surface area contributed by atoms with Crippen molar-refractivity contribution in [3.05, 3.63) is 34.3 Å². The largest absolute Gasteiger partial charge is 0.481 e. The first-order valence-electron chi connectivity index (χ1n) is 6.57. The van der Waals surface area contributed by atoms with E-state index in [1.54, 1.807) is 4.90 Å². The van der Waals surface area contributed by atoms with Crippen molar-refractivity contribution in [3.63, 3.8) is 0 Å². The van der Waals surface area contributed by atoms with Crippen LogP contribution in [-0.2, 0) is 11.3 Å². The summed E-state index contributed by atoms with van der Waals surface area (Å²) in [6.07, 6.45) is 1.92. The highest BCUT2D eigenvalue weighted by molar-refractivity contribution is 9.10. The van der Waals surface area contributed by atoms with Gasteiger partial charge in [0.25, 0.3) is 0 Å². The second-order valence-corrected chi connectivity index (χ2v) is 5.77. The molecule has 0 heterocycles. The van der Waals surface area contributed by atoms with Crippen molar-refractivity contribution in [2.24, 2.45) is 0 Å². The van der Waals surface area contributed by atoms with E-state index >= 15 is 0 Å². The molecule has 0 saturated heterocycles. The molecule has 0 spiro atoms. The molecule has 2 rings (SSSR count). The van der Waals surface area contributed by atoms with Crippen molar-refractivity contribution in [2.75, 3.05) is 6.54 Å². The lowest BCUT2D eigenvalue weighted by molar-refractivity contribution is -0.137. The highest BCUT2D eigenvalue weighted by atomic mass is 79.9. The van der Waals surface area contributed by atoms with Gasteiger partial charge in [-0.25, -0.2) is 4.79 Å². The van der Waals surface area contributed by atoms with Crippen LogP contribution < -0.4 is 5.32 Å². The molecule has 0 aliphatic heterocycles. The van der Waals surface area contributed by atoms with Gasteiger partial charge in [-0.2, -0.15) is 0 Å². The van der Waals surface area contributed by atoms with Crippen LogP contribution in [0.5, 0.6) is 0 Å². The van der Waals surface area contributed by atoms with Crippen molar-refractivity contribution in [3.8, 4) is 0 Å². The number of benzene rings is 1. The Labute approximate surface area is 126 Å². The summed E-state index contributed by atoms with van der Waals surface area (Å²) in [7, 11) is 0. The molecule has 1 aromatic carbocycles. The van der Waals surface area contributed by atoms with Gasteiger partial charge in [-0.3, -0.25) is 4.79 Å². The summed E-state index contributed by atoms with van der Waals surface area (Å²) in [5, 5.41) is 11.6. The second kappa shape index (κ2) is 6.74. The zero-order chi connectivity index (χ0) is 14.5. The quantitative estimate of drug-likeness (QED) is 0.836. The molecule has 1 aromatic rings. The van der Waals surface area contributed by atoms with E-state index in [9.17, 15) is 9.59 Å². The monoisotopic (exact) mass is 340 g/mol. The number of hydrogen-bond acceptors (Lipinski definition) is 2. The third kappa shape index (κ3) is 4.52. The van der Waals surface area contributed by atoms with Crippen LogP contribution in [0.1, 0.15) is 24.8 Å². The van der Waals surface area contributed by atoms with Crippen LogP contribution in [0.4, 0.5) is 4.79 Å². The van der Waals surface area contributed by atoms with Crippen molar-refractivity contribution >= 4 is 27.9 Å². The predicted octanol–water partition coefficient (Wildman–Crippen LogP) is 2.60. The molecule has 1 aliphatic carbocycles. The lowest BCUT2D eigenvalue weighted by Gasteiger charge is -2.22. The summed E-state index contributed by atoms with van der Waals surface area (Å²) in [6.45, 7) is 0.717. The summed E-state index contributed by atoms with van der Waals surface area (Å²) < 4.78 is 0.994. The van der Waals surface area contributed by atoms with E-state index in [0.717, 1.165) is 22.9 Å². The minimum Gasteiger partial charge on any atom is -0.481 e. The molecular formula is C14H17BrN2O3. The van der Waals surface area contributed by atoms with Crippen molar-refractivity contribution < 1.29 is 14.7 Å². The molecule has 1 saturated carbocycles. The van der Waals surface area contributed by atoms with Crippen LogP contribution in [0, 0.1) is 0 Å². The second-order valence-electron chi connectivity index (χ2n) is 4.85. The number of aliphatic carboxylic acids is 1. The average molecular weight is 341 g/mol. The third-order valence-electron chi connectivity index (χ3n) is 3.17. The normalized spacial score (nSPS) is 13.8. The molecule has 20 heavy (non-hydrogen) atoms. The highest BCUT2D eigenvalue weighted by Crippen LogP contribution is 2.27. The van der Waals surface area contributed by atoms with Gasteiger partial charge in [0.1, 0.15) is 0 Å². The average Bonchev–Trinajstić information content (AvgIpc) is 3.22. The van der Waals surface area contributed by atoms with E-state index in [1.165, 1.54) is 0 Å². The van der Waals surface area contributed by atoms with Gasteiger partial charge in [-0.1, -0.05) is 28.1 Å². The summed E-state index contributed by atoms with van der Waals surface area (Å²) in [6, 6.07) is 7.73. The molecule has 0 radical (unpaired) electrons. The van der Waals surface area contributed by atoms with Gasteiger partial charge in [0.05, 0.1) is 6.42 Å². The maximum atomic E-state index is 12.1. The maximum Gasteiger partial charge on any atom is 0.317 e. The number of carbonyl (C=O) groups excluding carboxylic acids is 1. The standard InChI is InChI=1S/C14H17BrN2O3/c15-11-3-1-10(2-4-11)9-16-14(20)17(12-5-6-12)8-7-13(18)19/h1-4,12H,5-9H2,(H,16,20)(H,18,19). The summed E-state index contributed by atoms with van der Waals surface area (Å²) in [4.78, 5) is 24.3. The zero-order valence-corrected chi connectivity index (χ0v) is 12.6. The number of hydrogen-bond donors (Lipinski definition) is 2. The first kappa shape index (κ1) is 14.8. The van der Waals surface area contributed by atoms with Crippen molar-refractivity contribution in [2.45, 2.75) is 31.8 Å². The summed E-state index contributed by atoms with van der Waals surface area (Å²) in [5.41, 5.74) is 1.01. The van der Waals surface area contributed by atoms with Crippen LogP contribution in [-0.4, -0.2) is 34.6 Å². The Morgan fingerprint density at radius 1 is 1.30 bits per heavy atom. The molecule has 2 N–H and O–H groups in total. The summed E-state index contributed by atoms with van der Waals surface area (Å²) >= 11 is 3.36. The Hall–Kier alpha value is -1.56. The Balaban J connectivity index is 1.85. The van der Waals surface area contributed by atoms with Gasteiger partial charge < -0.3 is 15.3 Å². The minimum absolute atomic E-state index is 0.0117. The smallest absolute Gasteiger partial charge is 0.317 e. The fourth-order valence-electron chi connectivity index (χ4n) is 1.93. The van der Waals surface area contributed by atoms with E-state index in [1.807, 2.05) is 24.3 Å². The minimum atomic E-state index is -0.878. The Kier molecular flexibility index (Phi) is 5.00. The van der Waals surface area contributed by atoms with E-state index in [2.05, 4.69) is 21.2 Å². The number of nitrogens with zero attached hydrogens (tertiary/aromatic N) is 1. The van der Waals surface area contributed by atoms with E-state index in [4.69, 9.17) is 5.11 Å². The third-order valence-corrected chi connectivity index (χ3v) is 3.70. The number of amides is 2. The molecule has 2 amide bonds. The molecule has 6 heteroatoms. The lowest BCUT2D eigenvalue weighted by atomic mass is 10.2. The van der Waals surface area contributed by atoms with Crippen LogP contribution in [0.15, 0.2) is 28.7 Å². The number of carboxylic acids is 1. The Morgan fingerprint density at radius 3 is 2.50 bits per heavy atom. The summed E-state index contributed by atoms with van der Waals surface area (Å²) in [5.74, 6) is -0.878. The molecule has 0 unspecified atom stereocenters. The molecule has 5 nitrogen and oxygen atoms in total. The zero-order valence-electron chi connectivity index (χ0n) is 11.0. The van der Waals surface area contributed by atoms with E-state index < -0.39 is 5.97 Å². The molecular weight excluding hydrogens is 324 g/mol. The van der Waals surface area contributed by atoms with Crippen LogP contribution >= 0.6 is 15.9 Å². The topological polar surface area (TPSA) is 69.6 Å². The number of rotatable bonds is 6. The fourth-order valence-corrected chi connectivity index (χ4v) is 2.20. The van der Waals surface area contributed by atoms with Gasteiger partial charge in [0.2, 0.25) is 0 Å². The predicted molar refractivity (Wildman–Crippen MR) is 78.4 cm³/mol. The number of nitrogens with one attached hydrogen (secondary N) is 1. The van der Waals surface area contributed by atoms with E-state index in [-0.39, 0.29) is 25.0 Å². The lowest BCUT2D eigenvalue weighted by Crippen LogP contribution is -2.42. The fraction of sp³-hybridized carbons (Fsp3) is 0.429. The SMILES string of the molecule is O=C(O)CCN(C(=O)NCc1ccc(Br)cc1)C1CC1. The Bertz CT molecular complexity index is 486. The first-order valence-corrected chi connectivity index (χ1v) is 7.36. The van der Waals surface area contributed by atoms with Gasteiger partial charge in [-0.15, -0.1) is 0 Å². The van der Waals surface area contributed by atoms with Crippen molar-refractivity contribution in [1.29, 1.82) is 0 Å². The van der Waals surface area contributed by atoms with Crippen molar-refractivity contribution in [1.82, 2.24) is 10.2 Å². The van der Waals surface area contributed by atoms with Crippen LogP contribution in [0.3, 0.4) is 0 Å². The number of carbonyl (C=O) groups is 2. The molecule has 0 aromatic heterocycles. The molecule has 1 fully saturated rings. The van der Waals surface area contributed by atoms with Crippen LogP contribution in [0.2, 0.25) is 0 Å². The molecule has 108 valence electrons. The number of carboxylic acid groups (broad SMARTS) is 1.